The molecule has 2 aromatic rings. The van der Waals surface area contributed by atoms with Gasteiger partial charge >= 0.3 is 0 Å². The zero-order valence-electron chi connectivity index (χ0n) is 10.6. The molecule has 3 nitrogen and oxygen atoms in total. The first-order valence-corrected chi connectivity index (χ1v) is 5.95. The third kappa shape index (κ3) is 2.39. The molecule has 17 heavy (non-hydrogen) atoms. The first-order valence-electron chi connectivity index (χ1n) is 5.95. The summed E-state index contributed by atoms with van der Waals surface area (Å²) in [5.41, 5.74) is 3.35. The van der Waals surface area contributed by atoms with Crippen molar-refractivity contribution in [3.63, 3.8) is 0 Å². The maximum absolute atomic E-state index is 5.74. The van der Waals surface area contributed by atoms with Gasteiger partial charge < -0.3 is 9.73 Å². The highest BCUT2D eigenvalue weighted by atomic mass is 16.4. The fourth-order valence-electron chi connectivity index (χ4n) is 1.91. The van der Waals surface area contributed by atoms with Crippen molar-refractivity contribution in [1.82, 2.24) is 10.3 Å². The number of oxazole rings is 1. The largest absolute Gasteiger partial charge is 0.441 e. The van der Waals surface area contributed by atoms with E-state index < -0.39 is 0 Å². The van der Waals surface area contributed by atoms with Gasteiger partial charge in [-0.1, -0.05) is 25.1 Å². The Labute approximate surface area is 102 Å². The first kappa shape index (κ1) is 11.9. The van der Waals surface area contributed by atoms with Crippen LogP contribution in [-0.2, 0) is 13.0 Å². The van der Waals surface area contributed by atoms with Crippen LogP contribution in [0.3, 0.4) is 0 Å². The van der Waals surface area contributed by atoms with E-state index in [1.807, 2.05) is 26.1 Å². The Morgan fingerprint density at radius 3 is 2.76 bits per heavy atom. The molecule has 0 radical (unpaired) electrons. The van der Waals surface area contributed by atoms with E-state index in [1.165, 1.54) is 5.56 Å². The van der Waals surface area contributed by atoms with Gasteiger partial charge in [0.05, 0.1) is 5.69 Å². The van der Waals surface area contributed by atoms with Gasteiger partial charge in [-0.3, -0.25) is 0 Å². The van der Waals surface area contributed by atoms with Crippen molar-refractivity contribution in [2.45, 2.75) is 26.8 Å². The molecule has 0 saturated carbocycles. The van der Waals surface area contributed by atoms with Gasteiger partial charge in [0.15, 0.2) is 0 Å². The Bertz CT molecular complexity index is 503. The van der Waals surface area contributed by atoms with Crippen molar-refractivity contribution in [2.24, 2.45) is 0 Å². The molecule has 0 aliphatic rings. The Morgan fingerprint density at radius 2 is 2.06 bits per heavy atom. The molecule has 0 saturated heterocycles. The Balaban J connectivity index is 2.42. The van der Waals surface area contributed by atoms with Crippen LogP contribution in [0.5, 0.6) is 0 Å². The van der Waals surface area contributed by atoms with Gasteiger partial charge in [0.25, 0.3) is 0 Å². The standard InChI is InChI=1S/C14H18N2O/c1-4-11-7-5-6-8-12(11)14-16-13(9-15-3)10(2)17-14/h5-8,15H,4,9H2,1-3H3. The number of aryl methyl sites for hydroxylation is 2. The van der Waals surface area contributed by atoms with E-state index in [4.69, 9.17) is 4.42 Å². The SMILES string of the molecule is CCc1ccccc1-c1nc(CNC)c(C)o1. The molecule has 0 bridgehead atoms. The van der Waals surface area contributed by atoms with Crippen molar-refractivity contribution in [2.75, 3.05) is 7.05 Å². The minimum absolute atomic E-state index is 0.727. The summed E-state index contributed by atoms with van der Waals surface area (Å²) in [6.45, 7) is 4.84. The molecule has 1 aromatic heterocycles. The number of aromatic nitrogens is 1. The Hall–Kier alpha value is -1.61. The van der Waals surface area contributed by atoms with Crippen molar-refractivity contribution in [1.29, 1.82) is 0 Å². The second-order valence-electron chi connectivity index (χ2n) is 4.06. The Morgan fingerprint density at radius 1 is 1.29 bits per heavy atom. The molecule has 90 valence electrons. The van der Waals surface area contributed by atoms with Crippen molar-refractivity contribution in [3.05, 3.63) is 41.3 Å². The predicted octanol–water partition coefficient (Wildman–Crippen LogP) is 2.93. The highest BCUT2D eigenvalue weighted by molar-refractivity contribution is 5.59. The zero-order valence-corrected chi connectivity index (χ0v) is 10.6. The monoisotopic (exact) mass is 230 g/mol. The molecule has 1 N–H and O–H groups in total. The fraction of sp³-hybridized carbons (Fsp3) is 0.357. The van der Waals surface area contributed by atoms with E-state index in [0.717, 1.165) is 35.9 Å². The van der Waals surface area contributed by atoms with E-state index in [2.05, 4.69) is 29.4 Å². The average molecular weight is 230 g/mol. The molecule has 0 amide bonds. The number of nitrogens with one attached hydrogen (secondary N) is 1. The van der Waals surface area contributed by atoms with Gasteiger partial charge in [-0.2, -0.15) is 0 Å². The second-order valence-corrected chi connectivity index (χ2v) is 4.06. The summed E-state index contributed by atoms with van der Waals surface area (Å²) < 4.78 is 5.74. The first-order chi connectivity index (χ1) is 8.26. The van der Waals surface area contributed by atoms with E-state index in [-0.39, 0.29) is 0 Å². The molecule has 0 unspecified atom stereocenters. The smallest absolute Gasteiger partial charge is 0.226 e. The van der Waals surface area contributed by atoms with Gasteiger partial charge in [0.2, 0.25) is 5.89 Å². The molecule has 1 aromatic carbocycles. The topological polar surface area (TPSA) is 38.1 Å². The molecule has 0 spiro atoms. The second kappa shape index (κ2) is 5.15. The van der Waals surface area contributed by atoms with Crippen LogP contribution in [0.2, 0.25) is 0 Å². The zero-order chi connectivity index (χ0) is 12.3. The van der Waals surface area contributed by atoms with Crippen molar-refractivity contribution >= 4 is 0 Å². The maximum Gasteiger partial charge on any atom is 0.226 e. The molecule has 0 aliphatic carbocycles. The fourth-order valence-corrected chi connectivity index (χ4v) is 1.91. The lowest BCUT2D eigenvalue weighted by atomic mass is 10.1. The van der Waals surface area contributed by atoms with E-state index >= 15 is 0 Å². The Kier molecular flexibility index (Phi) is 3.59. The summed E-state index contributed by atoms with van der Waals surface area (Å²) in [5, 5.41) is 3.10. The summed E-state index contributed by atoms with van der Waals surface area (Å²) in [6.07, 6.45) is 0.985. The molecule has 0 aliphatic heterocycles. The van der Waals surface area contributed by atoms with Gasteiger partial charge in [0.1, 0.15) is 5.76 Å². The number of hydrogen-bond donors (Lipinski definition) is 1. The third-order valence-corrected chi connectivity index (χ3v) is 2.87. The number of benzene rings is 1. The van der Waals surface area contributed by atoms with Crippen molar-refractivity contribution in [3.8, 4) is 11.5 Å². The van der Waals surface area contributed by atoms with Crippen molar-refractivity contribution < 1.29 is 4.42 Å². The molecule has 0 fully saturated rings. The van der Waals surface area contributed by atoms with Gasteiger partial charge in [-0.05, 0) is 32.0 Å². The minimum atomic E-state index is 0.727. The van der Waals surface area contributed by atoms with Crippen LogP contribution in [0.1, 0.15) is 23.9 Å². The summed E-state index contributed by atoms with van der Waals surface area (Å²) in [4.78, 5) is 4.55. The van der Waals surface area contributed by atoms with Gasteiger partial charge in [-0.25, -0.2) is 4.98 Å². The van der Waals surface area contributed by atoms with Crippen LogP contribution in [0.15, 0.2) is 28.7 Å². The highest BCUT2D eigenvalue weighted by Crippen LogP contribution is 2.25. The van der Waals surface area contributed by atoms with E-state index in [0.29, 0.717) is 0 Å². The molecular formula is C14H18N2O. The molecule has 0 atom stereocenters. The summed E-state index contributed by atoms with van der Waals surface area (Å²) >= 11 is 0. The molecule has 3 heteroatoms. The van der Waals surface area contributed by atoms with Crippen LogP contribution in [0, 0.1) is 6.92 Å². The number of rotatable bonds is 4. The minimum Gasteiger partial charge on any atom is -0.441 e. The van der Waals surface area contributed by atoms with Crippen LogP contribution in [-0.4, -0.2) is 12.0 Å². The number of nitrogens with zero attached hydrogens (tertiary/aromatic N) is 1. The normalized spacial score (nSPS) is 10.8. The third-order valence-electron chi connectivity index (χ3n) is 2.87. The number of hydrogen-bond acceptors (Lipinski definition) is 3. The van der Waals surface area contributed by atoms with E-state index in [1.54, 1.807) is 0 Å². The van der Waals surface area contributed by atoms with Crippen LogP contribution >= 0.6 is 0 Å². The summed E-state index contributed by atoms with van der Waals surface area (Å²) in [7, 11) is 1.91. The average Bonchev–Trinajstić information content (AvgIpc) is 2.71. The maximum atomic E-state index is 5.74. The van der Waals surface area contributed by atoms with Crippen LogP contribution in [0.4, 0.5) is 0 Å². The van der Waals surface area contributed by atoms with Crippen LogP contribution in [0.25, 0.3) is 11.5 Å². The lowest BCUT2D eigenvalue weighted by molar-refractivity contribution is 0.537. The van der Waals surface area contributed by atoms with Gasteiger partial charge in [0, 0.05) is 12.1 Å². The molecular weight excluding hydrogens is 212 g/mol. The lowest BCUT2D eigenvalue weighted by Crippen LogP contribution is -2.06. The summed E-state index contributed by atoms with van der Waals surface area (Å²) in [5.74, 6) is 1.62. The quantitative estimate of drug-likeness (QED) is 0.877. The summed E-state index contributed by atoms with van der Waals surface area (Å²) in [6, 6.07) is 8.25. The lowest BCUT2D eigenvalue weighted by Gasteiger charge is -2.02. The predicted molar refractivity (Wildman–Crippen MR) is 68.8 cm³/mol. The highest BCUT2D eigenvalue weighted by Gasteiger charge is 2.12. The van der Waals surface area contributed by atoms with E-state index in [9.17, 15) is 0 Å². The molecule has 1 heterocycles. The van der Waals surface area contributed by atoms with Crippen LogP contribution < -0.4 is 5.32 Å². The molecule has 2 rings (SSSR count). The van der Waals surface area contributed by atoms with Gasteiger partial charge in [-0.15, -0.1) is 0 Å².